The molecule has 1 saturated carbocycles. The molecular weight excluding hydrogens is 166 g/mol. The van der Waals surface area contributed by atoms with Gasteiger partial charge in [0.1, 0.15) is 0 Å². The van der Waals surface area contributed by atoms with Crippen LogP contribution in [0.1, 0.15) is 25.7 Å². The van der Waals surface area contributed by atoms with Crippen LogP contribution >= 0.6 is 0 Å². The van der Waals surface area contributed by atoms with Crippen molar-refractivity contribution in [1.82, 2.24) is 5.32 Å². The number of hydrogen-bond acceptors (Lipinski definition) is 2. The molecule has 0 aromatic heterocycles. The summed E-state index contributed by atoms with van der Waals surface area (Å²) >= 11 is 0. The Morgan fingerprint density at radius 1 is 1.69 bits per heavy atom. The monoisotopic (exact) mass is 183 g/mol. The molecule has 13 heavy (non-hydrogen) atoms. The number of carbonyl (C=O) groups excluding carboxylic acids is 1. The maximum atomic E-state index is 11.1. The van der Waals surface area contributed by atoms with Crippen LogP contribution in [0, 0.1) is 5.92 Å². The molecule has 1 rings (SSSR count). The number of aliphatic hydroxyl groups is 1. The number of hydrogen-bond donors (Lipinski definition) is 2. The van der Waals surface area contributed by atoms with Crippen molar-refractivity contribution in [2.45, 2.75) is 31.8 Å². The van der Waals surface area contributed by atoms with Crippen LogP contribution in [-0.2, 0) is 4.79 Å². The molecule has 2 N–H and O–H groups in total. The van der Waals surface area contributed by atoms with Gasteiger partial charge in [-0.2, -0.15) is 0 Å². The van der Waals surface area contributed by atoms with Crippen molar-refractivity contribution in [3.63, 3.8) is 0 Å². The van der Waals surface area contributed by atoms with Gasteiger partial charge in [-0.25, -0.2) is 0 Å². The van der Waals surface area contributed by atoms with Crippen molar-refractivity contribution in [2.75, 3.05) is 6.54 Å². The number of carbonyl (C=O) groups is 1. The molecule has 1 aliphatic carbocycles. The van der Waals surface area contributed by atoms with E-state index in [1.54, 1.807) is 6.08 Å². The van der Waals surface area contributed by atoms with Gasteiger partial charge in [-0.15, -0.1) is 6.58 Å². The molecule has 1 fully saturated rings. The molecule has 0 bridgehead atoms. The van der Waals surface area contributed by atoms with Crippen LogP contribution in [0.5, 0.6) is 0 Å². The summed E-state index contributed by atoms with van der Waals surface area (Å²) in [5, 5.41) is 12.1. The summed E-state index contributed by atoms with van der Waals surface area (Å²) in [6.07, 6.45) is 4.75. The fourth-order valence-electron chi connectivity index (χ4n) is 1.19. The highest BCUT2D eigenvalue weighted by Gasteiger charge is 2.29. The molecular formula is C10H17NO2. The number of aliphatic hydroxyl groups excluding tert-OH is 1. The van der Waals surface area contributed by atoms with E-state index in [9.17, 15) is 9.90 Å². The third kappa shape index (κ3) is 4.08. The SMILES string of the molecule is C=CCCC(=O)NCC(O)C1CC1. The molecule has 0 aromatic rings. The Balaban J connectivity index is 2.03. The van der Waals surface area contributed by atoms with Crippen LogP contribution in [0.2, 0.25) is 0 Å². The number of allylic oxidation sites excluding steroid dienone is 1. The molecule has 0 spiro atoms. The first-order valence-electron chi connectivity index (χ1n) is 4.79. The molecule has 1 unspecified atom stereocenters. The number of amides is 1. The van der Waals surface area contributed by atoms with E-state index in [-0.39, 0.29) is 12.0 Å². The van der Waals surface area contributed by atoms with Gasteiger partial charge in [-0.1, -0.05) is 6.08 Å². The van der Waals surface area contributed by atoms with Gasteiger partial charge < -0.3 is 10.4 Å². The zero-order valence-corrected chi connectivity index (χ0v) is 7.83. The first-order valence-corrected chi connectivity index (χ1v) is 4.79. The predicted molar refractivity (Wildman–Crippen MR) is 51.2 cm³/mol. The summed E-state index contributed by atoms with van der Waals surface area (Å²) < 4.78 is 0. The summed E-state index contributed by atoms with van der Waals surface area (Å²) in [6.45, 7) is 3.94. The Bertz CT molecular complexity index is 187. The fourth-order valence-corrected chi connectivity index (χ4v) is 1.19. The van der Waals surface area contributed by atoms with Crippen LogP contribution in [-0.4, -0.2) is 23.7 Å². The number of nitrogens with one attached hydrogen (secondary N) is 1. The van der Waals surface area contributed by atoms with E-state index >= 15 is 0 Å². The summed E-state index contributed by atoms with van der Waals surface area (Å²) in [5.74, 6) is 0.430. The Morgan fingerprint density at radius 3 is 2.92 bits per heavy atom. The maximum absolute atomic E-state index is 11.1. The zero-order chi connectivity index (χ0) is 9.68. The van der Waals surface area contributed by atoms with Crippen LogP contribution in [0.3, 0.4) is 0 Å². The molecule has 1 atom stereocenters. The summed E-state index contributed by atoms with van der Waals surface area (Å²) in [6, 6.07) is 0. The van der Waals surface area contributed by atoms with Gasteiger partial charge >= 0.3 is 0 Å². The van der Waals surface area contributed by atoms with E-state index < -0.39 is 0 Å². The largest absolute Gasteiger partial charge is 0.391 e. The molecule has 1 amide bonds. The Kier molecular flexibility index (Phi) is 3.96. The van der Waals surface area contributed by atoms with Crippen molar-refractivity contribution < 1.29 is 9.90 Å². The Morgan fingerprint density at radius 2 is 2.38 bits per heavy atom. The lowest BCUT2D eigenvalue weighted by atomic mass is 10.2. The molecule has 0 heterocycles. The third-order valence-corrected chi connectivity index (χ3v) is 2.25. The van der Waals surface area contributed by atoms with Crippen molar-refractivity contribution in [1.29, 1.82) is 0 Å². The maximum Gasteiger partial charge on any atom is 0.220 e. The van der Waals surface area contributed by atoms with Crippen molar-refractivity contribution in [2.24, 2.45) is 5.92 Å². The van der Waals surface area contributed by atoms with Gasteiger partial charge in [0.05, 0.1) is 6.10 Å². The summed E-state index contributed by atoms with van der Waals surface area (Å²) in [7, 11) is 0. The first-order chi connectivity index (χ1) is 6.24. The minimum absolute atomic E-state index is 0.000370. The Labute approximate surface area is 78.8 Å². The zero-order valence-electron chi connectivity index (χ0n) is 7.83. The molecule has 0 aromatic carbocycles. The van der Waals surface area contributed by atoms with Crippen molar-refractivity contribution in [3.8, 4) is 0 Å². The van der Waals surface area contributed by atoms with Gasteiger partial charge in [-0.3, -0.25) is 4.79 Å². The highest BCUT2D eigenvalue weighted by atomic mass is 16.3. The molecule has 74 valence electrons. The van der Waals surface area contributed by atoms with Crippen molar-refractivity contribution >= 4 is 5.91 Å². The molecule has 0 radical (unpaired) electrons. The summed E-state index contributed by atoms with van der Waals surface area (Å²) in [4.78, 5) is 11.1. The van der Waals surface area contributed by atoms with Crippen LogP contribution in [0.4, 0.5) is 0 Å². The van der Waals surface area contributed by atoms with E-state index in [1.807, 2.05) is 0 Å². The standard InChI is InChI=1S/C10H17NO2/c1-2-3-4-10(13)11-7-9(12)8-5-6-8/h2,8-9,12H,1,3-7H2,(H,11,13). The fraction of sp³-hybridized carbons (Fsp3) is 0.700. The average Bonchev–Trinajstić information content (AvgIpc) is 2.93. The van der Waals surface area contributed by atoms with Gasteiger partial charge in [0.2, 0.25) is 5.91 Å². The minimum Gasteiger partial charge on any atom is -0.391 e. The van der Waals surface area contributed by atoms with Gasteiger partial charge in [0.15, 0.2) is 0 Å². The second-order valence-corrected chi connectivity index (χ2v) is 3.54. The second kappa shape index (κ2) is 5.02. The van der Waals surface area contributed by atoms with Gasteiger partial charge in [0, 0.05) is 13.0 Å². The van der Waals surface area contributed by atoms with E-state index in [4.69, 9.17) is 0 Å². The third-order valence-electron chi connectivity index (χ3n) is 2.25. The van der Waals surface area contributed by atoms with Crippen LogP contribution in [0.25, 0.3) is 0 Å². The second-order valence-electron chi connectivity index (χ2n) is 3.54. The van der Waals surface area contributed by atoms with E-state index in [2.05, 4.69) is 11.9 Å². The van der Waals surface area contributed by atoms with E-state index in [0.29, 0.717) is 25.3 Å². The minimum atomic E-state index is -0.340. The lowest BCUT2D eigenvalue weighted by Crippen LogP contribution is -2.32. The smallest absolute Gasteiger partial charge is 0.220 e. The van der Waals surface area contributed by atoms with E-state index in [0.717, 1.165) is 12.8 Å². The highest BCUT2D eigenvalue weighted by Crippen LogP contribution is 2.32. The molecule has 0 aliphatic heterocycles. The van der Waals surface area contributed by atoms with Crippen molar-refractivity contribution in [3.05, 3.63) is 12.7 Å². The molecule has 3 heteroatoms. The Hall–Kier alpha value is -0.830. The predicted octanol–water partition coefficient (Wildman–Crippen LogP) is 0.840. The number of rotatable bonds is 6. The highest BCUT2D eigenvalue weighted by molar-refractivity contribution is 5.75. The first kappa shape index (κ1) is 10.3. The molecule has 1 aliphatic rings. The lowest BCUT2D eigenvalue weighted by molar-refractivity contribution is -0.121. The molecule has 3 nitrogen and oxygen atoms in total. The van der Waals surface area contributed by atoms with Crippen LogP contribution < -0.4 is 5.32 Å². The normalized spacial score (nSPS) is 17.9. The quantitative estimate of drug-likeness (QED) is 0.599. The van der Waals surface area contributed by atoms with Crippen LogP contribution in [0.15, 0.2) is 12.7 Å². The van der Waals surface area contributed by atoms with Gasteiger partial charge in [0.25, 0.3) is 0 Å². The molecule has 0 saturated heterocycles. The topological polar surface area (TPSA) is 49.3 Å². The average molecular weight is 183 g/mol. The van der Waals surface area contributed by atoms with E-state index in [1.165, 1.54) is 0 Å². The van der Waals surface area contributed by atoms with Gasteiger partial charge in [-0.05, 0) is 25.2 Å². The lowest BCUT2D eigenvalue weighted by Gasteiger charge is -2.09. The summed E-state index contributed by atoms with van der Waals surface area (Å²) in [5.41, 5.74) is 0.